The summed E-state index contributed by atoms with van der Waals surface area (Å²) in [5.74, 6) is -1.36. The van der Waals surface area contributed by atoms with Crippen LogP contribution in [0.1, 0.15) is 4.88 Å². The molecule has 0 bridgehead atoms. The summed E-state index contributed by atoms with van der Waals surface area (Å²) in [7, 11) is 1.60. The summed E-state index contributed by atoms with van der Waals surface area (Å²) in [6.07, 6.45) is -1.57. The van der Waals surface area contributed by atoms with Gasteiger partial charge in [0.25, 0.3) is 0 Å². The predicted octanol–water partition coefficient (Wildman–Crippen LogP) is 0.335. The van der Waals surface area contributed by atoms with E-state index < -0.39 is 18.1 Å². The van der Waals surface area contributed by atoms with Crippen molar-refractivity contribution in [2.24, 2.45) is 0 Å². The van der Waals surface area contributed by atoms with Gasteiger partial charge in [-0.2, -0.15) is 0 Å². The van der Waals surface area contributed by atoms with Crippen LogP contribution in [0.25, 0.3) is 0 Å². The van der Waals surface area contributed by atoms with Gasteiger partial charge in [-0.3, -0.25) is 0 Å². The Kier molecular flexibility index (Phi) is 4.92. The van der Waals surface area contributed by atoms with Gasteiger partial charge in [-0.15, -0.1) is 11.3 Å². The van der Waals surface area contributed by atoms with E-state index in [1.54, 1.807) is 7.05 Å². The molecule has 17 heavy (non-hydrogen) atoms. The Balaban J connectivity index is 2.34. The first-order chi connectivity index (χ1) is 8.00. The van der Waals surface area contributed by atoms with E-state index in [4.69, 9.17) is 10.2 Å². The minimum absolute atomic E-state index is 0.303. The van der Waals surface area contributed by atoms with Gasteiger partial charge in [0.05, 0.1) is 13.1 Å². The predicted molar refractivity (Wildman–Crippen MR) is 62.8 cm³/mol. The number of carbonyl (C=O) groups excluding carboxylic acids is 1. The van der Waals surface area contributed by atoms with Crippen molar-refractivity contribution in [2.75, 3.05) is 13.6 Å². The molecule has 0 aliphatic carbocycles. The van der Waals surface area contributed by atoms with Gasteiger partial charge in [0, 0.05) is 11.9 Å². The average molecular weight is 258 g/mol. The summed E-state index contributed by atoms with van der Waals surface area (Å²) in [5, 5.41) is 21.7. The first-order valence-electron chi connectivity index (χ1n) is 4.93. The van der Waals surface area contributed by atoms with Gasteiger partial charge >= 0.3 is 12.0 Å². The van der Waals surface area contributed by atoms with Gasteiger partial charge in [-0.05, 0) is 11.4 Å². The fourth-order valence-corrected chi connectivity index (χ4v) is 1.87. The number of thiophene rings is 1. The Bertz CT molecular complexity index is 380. The SMILES string of the molecule is CN(Cc1cccs1)C(=O)NCC(O)C(=O)O. The largest absolute Gasteiger partial charge is 0.479 e. The van der Waals surface area contributed by atoms with Gasteiger partial charge in [0.1, 0.15) is 0 Å². The van der Waals surface area contributed by atoms with E-state index in [0.717, 1.165) is 4.88 Å². The number of aliphatic hydroxyl groups is 1. The molecule has 0 spiro atoms. The van der Waals surface area contributed by atoms with Crippen LogP contribution in [0.3, 0.4) is 0 Å². The van der Waals surface area contributed by atoms with Crippen molar-refractivity contribution in [2.45, 2.75) is 12.6 Å². The third kappa shape index (κ3) is 4.41. The molecule has 1 heterocycles. The number of aliphatic carboxylic acids is 1. The first-order valence-corrected chi connectivity index (χ1v) is 5.81. The molecule has 1 rings (SSSR count). The second-order valence-corrected chi connectivity index (χ2v) is 4.51. The van der Waals surface area contributed by atoms with Crippen molar-refractivity contribution >= 4 is 23.3 Å². The monoisotopic (exact) mass is 258 g/mol. The molecule has 0 saturated carbocycles. The highest BCUT2D eigenvalue weighted by Gasteiger charge is 2.16. The van der Waals surface area contributed by atoms with Crippen molar-refractivity contribution < 1.29 is 19.8 Å². The third-order valence-electron chi connectivity index (χ3n) is 2.05. The average Bonchev–Trinajstić information content (AvgIpc) is 2.77. The molecule has 0 aliphatic rings. The number of nitrogens with one attached hydrogen (secondary N) is 1. The molecular formula is C10H14N2O4S. The topological polar surface area (TPSA) is 89.9 Å². The normalized spacial score (nSPS) is 11.9. The minimum Gasteiger partial charge on any atom is -0.479 e. The van der Waals surface area contributed by atoms with E-state index in [2.05, 4.69) is 5.32 Å². The zero-order valence-corrected chi connectivity index (χ0v) is 10.1. The number of hydrogen-bond donors (Lipinski definition) is 3. The van der Waals surface area contributed by atoms with Crippen LogP contribution in [-0.2, 0) is 11.3 Å². The van der Waals surface area contributed by atoms with E-state index in [-0.39, 0.29) is 6.54 Å². The second-order valence-electron chi connectivity index (χ2n) is 3.48. The van der Waals surface area contributed by atoms with Gasteiger partial charge in [0.15, 0.2) is 6.10 Å². The highest BCUT2D eigenvalue weighted by molar-refractivity contribution is 7.09. The maximum Gasteiger partial charge on any atom is 0.334 e. The Hall–Kier alpha value is -1.60. The van der Waals surface area contributed by atoms with E-state index >= 15 is 0 Å². The van der Waals surface area contributed by atoms with Crippen LogP contribution >= 0.6 is 11.3 Å². The third-order valence-corrected chi connectivity index (χ3v) is 2.91. The van der Waals surface area contributed by atoms with Crippen molar-refractivity contribution in [3.05, 3.63) is 22.4 Å². The lowest BCUT2D eigenvalue weighted by Crippen LogP contribution is -2.42. The van der Waals surface area contributed by atoms with Crippen molar-refractivity contribution in [1.82, 2.24) is 10.2 Å². The summed E-state index contributed by atoms with van der Waals surface area (Å²) in [4.78, 5) is 24.3. The number of carboxylic acids is 1. The van der Waals surface area contributed by atoms with Crippen LogP contribution < -0.4 is 5.32 Å². The highest BCUT2D eigenvalue weighted by atomic mass is 32.1. The quantitative estimate of drug-likeness (QED) is 0.710. The molecule has 7 heteroatoms. The molecule has 0 saturated heterocycles. The highest BCUT2D eigenvalue weighted by Crippen LogP contribution is 2.10. The lowest BCUT2D eigenvalue weighted by atomic mass is 10.3. The maximum absolute atomic E-state index is 11.5. The fourth-order valence-electron chi connectivity index (χ4n) is 1.11. The lowest BCUT2D eigenvalue weighted by Gasteiger charge is -2.17. The fraction of sp³-hybridized carbons (Fsp3) is 0.400. The van der Waals surface area contributed by atoms with Gasteiger partial charge < -0.3 is 20.4 Å². The molecule has 6 nitrogen and oxygen atoms in total. The van der Waals surface area contributed by atoms with Gasteiger partial charge in [-0.25, -0.2) is 9.59 Å². The van der Waals surface area contributed by atoms with Crippen LogP contribution in [-0.4, -0.2) is 46.8 Å². The second kappa shape index (κ2) is 6.21. The minimum atomic E-state index is -1.57. The molecule has 1 aromatic heterocycles. The zero-order valence-electron chi connectivity index (χ0n) is 9.29. The molecule has 94 valence electrons. The number of carboxylic acid groups (broad SMARTS) is 1. The van der Waals surface area contributed by atoms with E-state index in [1.165, 1.54) is 16.2 Å². The summed E-state index contributed by atoms with van der Waals surface area (Å²) < 4.78 is 0. The summed E-state index contributed by atoms with van der Waals surface area (Å²) in [6.45, 7) is 0.148. The Morgan fingerprint density at radius 2 is 2.29 bits per heavy atom. The Labute approximate surface area is 102 Å². The number of nitrogens with zero attached hydrogens (tertiary/aromatic N) is 1. The number of amides is 2. The van der Waals surface area contributed by atoms with Crippen LogP contribution in [0.5, 0.6) is 0 Å². The Morgan fingerprint density at radius 3 is 2.82 bits per heavy atom. The van der Waals surface area contributed by atoms with Crippen LogP contribution in [0.4, 0.5) is 4.79 Å². The summed E-state index contributed by atoms with van der Waals surface area (Å²) in [5.41, 5.74) is 0. The van der Waals surface area contributed by atoms with Crippen molar-refractivity contribution in [3.8, 4) is 0 Å². The molecule has 0 fully saturated rings. The molecule has 0 aliphatic heterocycles. The number of rotatable bonds is 5. The smallest absolute Gasteiger partial charge is 0.334 e. The molecule has 0 aromatic carbocycles. The van der Waals surface area contributed by atoms with E-state index in [0.29, 0.717) is 6.54 Å². The first kappa shape index (κ1) is 13.5. The standard InChI is InChI=1S/C10H14N2O4S/c1-12(6-7-3-2-4-17-7)10(16)11-5-8(13)9(14)15/h2-4,8,13H,5-6H2,1H3,(H,11,16)(H,14,15). The van der Waals surface area contributed by atoms with Crippen molar-refractivity contribution in [1.29, 1.82) is 0 Å². The van der Waals surface area contributed by atoms with Crippen LogP contribution in [0.2, 0.25) is 0 Å². The molecule has 1 atom stereocenters. The summed E-state index contributed by atoms with van der Waals surface area (Å²) >= 11 is 1.53. The number of aliphatic hydroxyl groups excluding tert-OH is 1. The molecule has 2 amide bonds. The number of urea groups is 1. The van der Waals surface area contributed by atoms with E-state index in [9.17, 15) is 9.59 Å². The summed E-state index contributed by atoms with van der Waals surface area (Å²) in [6, 6.07) is 3.37. The Morgan fingerprint density at radius 1 is 1.59 bits per heavy atom. The molecular weight excluding hydrogens is 244 g/mol. The van der Waals surface area contributed by atoms with Crippen LogP contribution in [0, 0.1) is 0 Å². The number of hydrogen-bond acceptors (Lipinski definition) is 4. The maximum atomic E-state index is 11.5. The number of carbonyl (C=O) groups is 2. The van der Waals surface area contributed by atoms with E-state index in [1.807, 2.05) is 17.5 Å². The molecule has 3 N–H and O–H groups in total. The molecule has 0 radical (unpaired) electrons. The molecule has 1 aromatic rings. The van der Waals surface area contributed by atoms with Crippen LogP contribution in [0.15, 0.2) is 17.5 Å². The molecule has 1 unspecified atom stereocenters. The lowest BCUT2D eigenvalue weighted by molar-refractivity contribution is -0.146. The zero-order chi connectivity index (χ0) is 12.8. The van der Waals surface area contributed by atoms with Gasteiger partial charge in [0.2, 0.25) is 0 Å². The van der Waals surface area contributed by atoms with Gasteiger partial charge in [-0.1, -0.05) is 6.07 Å². The van der Waals surface area contributed by atoms with Crippen molar-refractivity contribution in [3.63, 3.8) is 0 Å².